The second-order valence-corrected chi connectivity index (χ2v) is 4.55. The van der Waals surface area contributed by atoms with Gasteiger partial charge in [0, 0.05) is 11.9 Å². The van der Waals surface area contributed by atoms with Crippen molar-refractivity contribution in [1.29, 1.82) is 0 Å². The van der Waals surface area contributed by atoms with Crippen LogP contribution in [0.4, 0.5) is 23.7 Å². The number of hydrogen-bond donors (Lipinski definition) is 1. The van der Waals surface area contributed by atoms with Gasteiger partial charge in [0.2, 0.25) is 0 Å². The standard InChI is InChI=1S/C11H13F3N2O2/c1-10(2,3)18-9(17)16-7-4-5-15-8(6-7)11(12,13)14/h4-6H,1-3H3,(H,15,16,17). The van der Waals surface area contributed by atoms with Crippen molar-refractivity contribution in [3.8, 4) is 0 Å². The SMILES string of the molecule is CC(C)(C)OC(=O)Nc1ccnc(C(F)(F)F)c1. The Hall–Kier alpha value is -1.79. The number of carbonyl (C=O) groups excluding carboxylic acids is 1. The minimum absolute atomic E-state index is 0.0217. The van der Waals surface area contributed by atoms with E-state index in [0.29, 0.717) is 0 Å². The number of nitrogens with one attached hydrogen (secondary N) is 1. The van der Waals surface area contributed by atoms with Crippen molar-refractivity contribution in [3.05, 3.63) is 24.0 Å². The van der Waals surface area contributed by atoms with Crippen LogP contribution in [0.15, 0.2) is 18.3 Å². The number of pyridine rings is 1. The number of alkyl halides is 3. The molecule has 0 aromatic carbocycles. The van der Waals surface area contributed by atoms with E-state index in [2.05, 4.69) is 10.3 Å². The van der Waals surface area contributed by atoms with Gasteiger partial charge >= 0.3 is 12.3 Å². The molecule has 1 amide bonds. The zero-order chi connectivity index (χ0) is 14.0. The maximum absolute atomic E-state index is 12.4. The van der Waals surface area contributed by atoms with Crippen LogP contribution < -0.4 is 5.32 Å². The molecule has 0 aliphatic heterocycles. The molecular formula is C11H13F3N2O2. The molecule has 0 spiro atoms. The number of halogens is 3. The normalized spacial score (nSPS) is 12.1. The zero-order valence-corrected chi connectivity index (χ0v) is 10.1. The Bertz CT molecular complexity index is 439. The van der Waals surface area contributed by atoms with Gasteiger partial charge in [0.25, 0.3) is 0 Å². The monoisotopic (exact) mass is 262 g/mol. The molecule has 1 N–H and O–H groups in total. The first-order valence-electron chi connectivity index (χ1n) is 5.11. The Kier molecular flexibility index (Phi) is 3.83. The minimum atomic E-state index is -4.55. The van der Waals surface area contributed by atoms with Crippen LogP contribution in [0.5, 0.6) is 0 Å². The van der Waals surface area contributed by atoms with Crippen molar-refractivity contribution in [2.75, 3.05) is 5.32 Å². The number of nitrogens with zero attached hydrogens (tertiary/aromatic N) is 1. The predicted molar refractivity (Wildman–Crippen MR) is 59.1 cm³/mol. The van der Waals surface area contributed by atoms with E-state index in [1.165, 1.54) is 6.07 Å². The lowest BCUT2D eigenvalue weighted by Crippen LogP contribution is -2.27. The molecule has 0 saturated carbocycles. The summed E-state index contributed by atoms with van der Waals surface area (Å²) in [5, 5.41) is 2.21. The highest BCUT2D eigenvalue weighted by molar-refractivity contribution is 5.84. The Morgan fingerprint density at radius 2 is 1.94 bits per heavy atom. The first kappa shape index (κ1) is 14.3. The quantitative estimate of drug-likeness (QED) is 0.843. The molecule has 7 heteroatoms. The third-order valence-corrected chi connectivity index (χ3v) is 1.70. The molecule has 0 aliphatic rings. The van der Waals surface area contributed by atoms with Crippen molar-refractivity contribution in [2.45, 2.75) is 32.5 Å². The van der Waals surface area contributed by atoms with Crippen molar-refractivity contribution < 1.29 is 22.7 Å². The molecule has 100 valence electrons. The Labute approximate surface area is 102 Å². The summed E-state index contributed by atoms with van der Waals surface area (Å²) in [5.41, 5.74) is -1.81. The summed E-state index contributed by atoms with van der Waals surface area (Å²) < 4.78 is 42.0. The van der Waals surface area contributed by atoms with Gasteiger partial charge in [-0.15, -0.1) is 0 Å². The van der Waals surface area contributed by atoms with Crippen LogP contribution in [-0.2, 0) is 10.9 Å². The number of aromatic nitrogens is 1. The smallest absolute Gasteiger partial charge is 0.433 e. The average molecular weight is 262 g/mol. The lowest BCUT2D eigenvalue weighted by atomic mass is 10.2. The first-order valence-corrected chi connectivity index (χ1v) is 5.11. The third-order valence-electron chi connectivity index (χ3n) is 1.70. The number of hydrogen-bond acceptors (Lipinski definition) is 3. The van der Waals surface area contributed by atoms with Crippen LogP contribution in [0.1, 0.15) is 26.5 Å². The van der Waals surface area contributed by atoms with Crippen molar-refractivity contribution in [2.24, 2.45) is 0 Å². The lowest BCUT2D eigenvalue weighted by molar-refractivity contribution is -0.141. The van der Waals surface area contributed by atoms with E-state index in [1.807, 2.05) is 0 Å². The second kappa shape index (κ2) is 4.83. The van der Waals surface area contributed by atoms with E-state index in [1.54, 1.807) is 20.8 Å². The van der Waals surface area contributed by atoms with Crippen molar-refractivity contribution in [1.82, 2.24) is 4.98 Å². The van der Waals surface area contributed by atoms with Crippen molar-refractivity contribution in [3.63, 3.8) is 0 Å². The summed E-state index contributed by atoms with van der Waals surface area (Å²) >= 11 is 0. The summed E-state index contributed by atoms with van der Waals surface area (Å²) in [6.07, 6.45) is -4.40. The molecule has 18 heavy (non-hydrogen) atoms. The molecule has 0 atom stereocenters. The van der Waals surface area contributed by atoms with Gasteiger partial charge in [0.05, 0.1) is 0 Å². The molecule has 0 aliphatic carbocycles. The van der Waals surface area contributed by atoms with Crippen LogP contribution in [-0.4, -0.2) is 16.7 Å². The summed E-state index contributed by atoms with van der Waals surface area (Å²) in [4.78, 5) is 14.5. The van der Waals surface area contributed by atoms with Gasteiger partial charge in [-0.2, -0.15) is 13.2 Å². The van der Waals surface area contributed by atoms with Gasteiger partial charge in [-0.05, 0) is 32.9 Å². The highest BCUT2D eigenvalue weighted by Gasteiger charge is 2.32. The number of rotatable bonds is 1. The minimum Gasteiger partial charge on any atom is -0.444 e. The number of amides is 1. The summed E-state index contributed by atoms with van der Waals surface area (Å²) in [6, 6.07) is 1.99. The van der Waals surface area contributed by atoms with E-state index in [-0.39, 0.29) is 5.69 Å². The highest BCUT2D eigenvalue weighted by Crippen LogP contribution is 2.28. The molecule has 0 radical (unpaired) electrons. The molecule has 4 nitrogen and oxygen atoms in total. The van der Waals surface area contributed by atoms with Gasteiger partial charge in [-0.1, -0.05) is 0 Å². The van der Waals surface area contributed by atoms with Crippen LogP contribution >= 0.6 is 0 Å². The third kappa shape index (κ3) is 4.60. The fourth-order valence-electron chi connectivity index (χ4n) is 1.08. The number of anilines is 1. The lowest BCUT2D eigenvalue weighted by Gasteiger charge is -2.19. The van der Waals surface area contributed by atoms with Gasteiger partial charge in [-0.25, -0.2) is 4.79 Å². The Morgan fingerprint density at radius 1 is 1.33 bits per heavy atom. The molecule has 1 aromatic heterocycles. The molecule has 1 heterocycles. The fourth-order valence-corrected chi connectivity index (χ4v) is 1.08. The van der Waals surface area contributed by atoms with E-state index < -0.39 is 23.6 Å². The number of carbonyl (C=O) groups is 1. The van der Waals surface area contributed by atoms with E-state index >= 15 is 0 Å². The largest absolute Gasteiger partial charge is 0.444 e. The van der Waals surface area contributed by atoms with Crippen LogP contribution in [0.3, 0.4) is 0 Å². The van der Waals surface area contributed by atoms with Gasteiger partial charge in [0.15, 0.2) is 0 Å². The summed E-state index contributed by atoms with van der Waals surface area (Å²) in [6.45, 7) is 4.96. The summed E-state index contributed by atoms with van der Waals surface area (Å²) in [7, 11) is 0. The van der Waals surface area contributed by atoms with E-state index in [0.717, 1.165) is 12.3 Å². The van der Waals surface area contributed by atoms with Crippen molar-refractivity contribution >= 4 is 11.8 Å². The maximum Gasteiger partial charge on any atom is 0.433 e. The van der Waals surface area contributed by atoms with Gasteiger partial charge in [0.1, 0.15) is 11.3 Å². The van der Waals surface area contributed by atoms with E-state index in [4.69, 9.17) is 4.74 Å². The molecule has 0 saturated heterocycles. The predicted octanol–water partition coefficient (Wildman–Crippen LogP) is 3.45. The first-order chi connectivity index (χ1) is 8.08. The highest BCUT2D eigenvalue weighted by atomic mass is 19.4. The fraction of sp³-hybridized carbons (Fsp3) is 0.455. The number of ether oxygens (including phenoxy) is 1. The average Bonchev–Trinajstić information content (AvgIpc) is 2.13. The Morgan fingerprint density at radius 3 is 2.44 bits per heavy atom. The van der Waals surface area contributed by atoms with Gasteiger partial charge < -0.3 is 4.74 Å². The molecule has 0 bridgehead atoms. The van der Waals surface area contributed by atoms with Crippen LogP contribution in [0, 0.1) is 0 Å². The van der Waals surface area contributed by atoms with Crippen LogP contribution in [0.25, 0.3) is 0 Å². The maximum atomic E-state index is 12.4. The zero-order valence-electron chi connectivity index (χ0n) is 10.1. The Balaban J connectivity index is 2.77. The van der Waals surface area contributed by atoms with E-state index in [9.17, 15) is 18.0 Å². The molecular weight excluding hydrogens is 249 g/mol. The van der Waals surface area contributed by atoms with Crippen LogP contribution in [0.2, 0.25) is 0 Å². The second-order valence-electron chi connectivity index (χ2n) is 4.55. The molecule has 1 rings (SSSR count). The topological polar surface area (TPSA) is 51.2 Å². The molecule has 0 unspecified atom stereocenters. The van der Waals surface area contributed by atoms with Gasteiger partial charge in [-0.3, -0.25) is 10.3 Å². The summed E-state index contributed by atoms with van der Waals surface area (Å²) in [5.74, 6) is 0. The molecule has 0 fully saturated rings. The molecule has 1 aromatic rings.